The Morgan fingerprint density at radius 3 is 2.85 bits per heavy atom. The van der Waals surface area contributed by atoms with E-state index in [9.17, 15) is 14.9 Å². The Hall–Kier alpha value is -2.18. The predicted molar refractivity (Wildman–Crippen MR) is 74.2 cm³/mol. The summed E-state index contributed by atoms with van der Waals surface area (Å²) in [5.41, 5.74) is 5.57. The maximum atomic E-state index is 12.4. The molecule has 2 rings (SSSR count). The molecule has 1 aromatic rings. The summed E-state index contributed by atoms with van der Waals surface area (Å²) in [6.45, 7) is 5.58. The molecule has 1 unspecified atom stereocenters. The third kappa shape index (κ3) is 2.71. The number of carbonyl (C=O) groups is 1. The summed E-state index contributed by atoms with van der Waals surface area (Å²) >= 11 is 0. The second kappa shape index (κ2) is 5.44. The quantitative estimate of drug-likeness (QED) is 0.669. The van der Waals surface area contributed by atoms with Gasteiger partial charge in [0.1, 0.15) is 12.0 Å². The molecule has 0 spiro atoms. The van der Waals surface area contributed by atoms with Crippen LogP contribution in [0.2, 0.25) is 0 Å². The fourth-order valence-corrected chi connectivity index (χ4v) is 2.42. The maximum absolute atomic E-state index is 12.4. The average Bonchev–Trinajstić information content (AvgIpc) is 2.88. The Morgan fingerprint density at radius 2 is 2.30 bits per heavy atom. The average molecular weight is 278 g/mol. The number of rotatable bonds is 3. The van der Waals surface area contributed by atoms with Crippen LogP contribution in [0.1, 0.15) is 30.6 Å². The second-order valence-electron chi connectivity index (χ2n) is 5.43. The van der Waals surface area contributed by atoms with Crippen LogP contribution >= 0.6 is 0 Å². The summed E-state index contributed by atoms with van der Waals surface area (Å²) in [5, 5.41) is 10.7. The van der Waals surface area contributed by atoms with Gasteiger partial charge in [-0.05, 0) is 18.3 Å². The third-order valence-corrected chi connectivity index (χ3v) is 3.80. The zero-order valence-electron chi connectivity index (χ0n) is 11.6. The van der Waals surface area contributed by atoms with Crippen molar-refractivity contribution in [3.8, 4) is 0 Å². The van der Waals surface area contributed by atoms with Gasteiger partial charge in [0.25, 0.3) is 11.6 Å². The van der Waals surface area contributed by atoms with E-state index in [0.717, 1.165) is 12.6 Å². The van der Waals surface area contributed by atoms with Crippen LogP contribution in [0.15, 0.2) is 12.3 Å². The summed E-state index contributed by atoms with van der Waals surface area (Å²) < 4.78 is 0. The molecule has 0 aliphatic carbocycles. The molecule has 108 valence electrons. The first-order chi connectivity index (χ1) is 9.40. The van der Waals surface area contributed by atoms with Crippen molar-refractivity contribution in [2.45, 2.75) is 20.3 Å². The number of nitrogen functional groups attached to an aromatic ring is 1. The van der Waals surface area contributed by atoms with Crippen LogP contribution in [-0.4, -0.2) is 33.8 Å². The van der Waals surface area contributed by atoms with E-state index in [2.05, 4.69) is 18.8 Å². The fraction of sp³-hybridized carbons (Fsp3) is 0.538. The predicted octanol–water partition coefficient (Wildman–Crippen LogP) is 1.69. The van der Waals surface area contributed by atoms with Gasteiger partial charge in [0.05, 0.1) is 10.5 Å². The van der Waals surface area contributed by atoms with Crippen molar-refractivity contribution in [2.24, 2.45) is 11.8 Å². The van der Waals surface area contributed by atoms with E-state index in [1.165, 1.54) is 6.07 Å². The molecule has 0 aromatic carbocycles. The number of amides is 1. The molecule has 2 N–H and O–H groups in total. The van der Waals surface area contributed by atoms with Crippen molar-refractivity contribution >= 4 is 17.4 Å². The van der Waals surface area contributed by atoms with Crippen molar-refractivity contribution < 1.29 is 9.72 Å². The van der Waals surface area contributed by atoms with Crippen molar-refractivity contribution in [3.05, 3.63) is 27.9 Å². The smallest absolute Gasteiger partial charge is 0.288 e. The molecule has 1 fully saturated rings. The van der Waals surface area contributed by atoms with E-state index in [4.69, 9.17) is 5.73 Å². The number of hydrogen-bond acceptors (Lipinski definition) is 5. The number of nitro groups is 1. The van der Waals surface area contributed by atoms with Gasteiger partial charge in [0.15, 0.2) is 0 Å². The van der Waals surface area contributed by atoms with Gasteiger partial charge in [-0.15, -0.1) is 0 Å². The van der Waals surface area contributed by atoms with Crippen LogP contribution in [0, 0.1) is 22.0 Å². The Morgan fingerprint density at radius 1 is 1.60 bits per heavy atom. The van der Waals surface area contributed by atoms with Crippen LogP contribution in [0.25, 0.3) is 0 Å². The molecule has 1 saturated heterocycles. The maximum Gasteiger partial charge on any atom is 0.288 e. The van der Waals surface area contributed by atoms with E-state index in [-0.39, 0.29) is 23.0 Å². The van der Waals surface area contributed by atoms with Crippen molar-refractivity contribution in [1.82, 2.24) is 9.88 Å². The minimum atomic E-state index is -0.579. The number of carbonyl (C=O) groups excluding carboxylic acids is 1. The molecular weight excluding hydrogens is 260 g/mol. The zero-order valence-corrected chi connectivity index (χ0v) is 11.6. The highest BCUT2D eigenvalue weighted by atomic mass is 16.6. The minimum Gasteiger partial charge on any atom is -0.383 e. The van der Waals surface area contributed by atoms with Crippen LogP contribution < -0.4 is 5.73 Å². The number of aromatic nitrogens is 1. The molecule has 0 radical (unpaired) electrons. The van der Waals surface area contributed by atoms with Gasteiger partial charge in [-0.3, -0.25) is 14.9 Å². The summed E-state index contributed by atoms with van der Waals surface area (Å²) in [6, 6.07) is 1.20. The molecule has 0 bridgehead atoms. The zero-order chi connectivity index (χ0) is 14.9. The van der Waals surface area contributed by atoms with Gasteiger partial charge < -0.3 is 10.6 Å². The molecule has 20 heavy (non-hydrogen) atoms. The minimum absolute atomic E-state index is 0.0357. The number of pyridine rings is 1. The Bertz CT molecular complexity index is 544. The lowest BCUT2D eigenvalue weighted by molar-refractivity contribution is -0.385. The molecule has 1 aromatic heterocycles. The van der Waals surface area contributed by atoms with Gasteiger partial charge in [-0.1, -0.05) is 13.8 Å². The van der Waals surface area contributed by atoms with Crippen LogP contribution in [0.3, 0.4) is 0 Å². The van der Waals surface area contributed by atoms with E-state index in [1.54, 1.807) is 4.90 Å². The van der Waals surface area contributed by atoms with Gasteiger partial charge in [-0.2, -0.15) is 0 Å². The van der Waals surface area contributed by atoms with E-state index < -0.39 is 4.92 Å². The molecule has 7 heteroatoms. The van der Waals surface area contributed by atoms with Crippen molar-refractivity contribution in [2.75, 3.05) is 18.8 Å². The van der Waals surface area contributed by atoms with Crippen molar-refractivity contribution in [1.29, 1.82) is 0 Å². The largest absolute Gasteiger partial charge is 0.383 e. The van der Waals surface area contributed by atoms with Crippen LogP contribution in [-0.2, 0) is 0 Å². The number of nitrogens with two attached hydrogens (primary N) is 1. The van der Waals surface area contributed by atoms with E-state index >= 15 is 0 Å². The normalized spacial score (nSPS) is 18.6. The summed E-state index contributed by atoms with van der Waals surface area (Å²) in [5.74, 6) is 0.732. The summed E-state index contributed by atoms with van der Waals surface area (Å²) in [7, 11) is 0. The Kier molecular flexibility index (Phi) is 3.87. The molecule has 7 nitrogen and oxygen atoms in total. The second-order valence-corrected chi connectivity index (χ2v) is 5.43. The summed E-state index contributed by atoms with van der Waals surface area (Å²) in [6.07, 6.45) is 2.01. The highest BCUT2D eigenvalue weighted by Crippen LogP contribution is 2.26. The fourth-order valence-electron chi connectivity index (χ4n) is 2.42. The Balaban J connectivity index is 2.21. The number of hydrogen-bond donors (Lipinski definition) is 1. The molecule has 1 aliphatic heterocycles. The standard InChI is InChI=1S/C13H18N4O3/c1-8(2)9-3-4-16(7-9)13(18)11-5-10(17(19)20)6-15-12(11)14/h5-6,8-9H,3-4,7H2,1-2H3,(H2,14,15). The van der Waals surface area contributed by atoms with Gasteiger partial charge in [-0.25, -0.2) is 4.98 Å². The molecule has 1 aliphatic rings. The molecule has 1 amide bonds. The number of nitrogens with zero attached hydrogens (tertiary/aromatic N) is 3. The first-order valence-electron chi connectivity index (χ1n) is 6.59. The monoisotopic (exact) mass is 278 g/mol. The lowest BCUT2D eigenvalue weighted by Crippen LogP contribution is -2.30. The highest BCUT2D eigenvalue weighted by molar-refractivity contribution is 5.99. The first-order valence-corrected chi connectivity index (χ1v) is 6.59. The van der Waals surface area contributed by atoms with Gasteiger partial charge in [0.2, 0.25) is 0 Å². The summed E-state index contributed by atoms with van der Waals surface area (Å²) in [4.78, 5) is 28.0. The molecular formula is C13H18N4O3. The lowest BCUT2D eigenvalue weighted by atomic mass is 9.95. The van der Waals surface area contributed by atoms with Crippen LogP contribution in [0.4, 0.5) is 11.5 Å². The Labute approximate surface area is 116 Å². The van der Waals surface area contributed by atoms with Gasteiger partial charge in [0, 0.05) is 19.2 Å². The molecule has 0 saturated carbocycles. The molecule has 2 heterocycles. The number of likely N-dealkylation sites (tertiary alicyclic amines) is 1. The SMILES string of the molecule is CC(C)C1CCN(C(=O)c2cc([N+](=O)[O-])cnc2N)C1. The molecule has 1 atom stereocenters. The third-order valence-electron chi connectivity index (χ3n) is 3.80. The van der Waals surface area contributed by atoms with Crippen LogP contribution in [0.5, 0.6) is 0 Å². The highest BCUT2D eigenvalue weighted by Gasteiger charge is 2.30. The van der Waals surface area contributed by atoms with Crippen molar-refractivity contribution in [3.63, 3.8) is 0 Å². The van der Waals surface area contributed by atoms with E-state index in [1.807, 2.05) is 0 Å². The first kappa shape index (κ1) is 14.2. The van der Waals surface area contributed by atoms with E-state index in [0.29, 0.717) is 24.9 Å². The topological polar surface area (TPSA) is 102 Å². The number of anilines is 1. The lowest BCUT2D eigenvalue weighted by Gasteiger charge is -2.18. The van der Waals surface area contributed by atoms with Gasteiger partial charge >= 0.3 is 0 Å².